The second kappa shape index (κ2) is 4.61. The predicted molar refractivity (Wildman–Crippen MR) is 90.7 cm³/mol. The molecule has 0 aromatic rings. The molecule has 0 amide bonds. The molecule has 2 heterocycles. The Morgan fingerprint density at radius 3 is 2.50 bits per heavy atom. The summed E-state index contributed by atoms with van der Waals surface area (Å²) in [6, 6.07) is 0. The van der Waals surface area contributed by atoms with Gasteiger partial charge in [0.05, 0.1) is 18.8 Å². The molecule has 4 saturated carbocycles. The van der Waals surface area contributed by atoms with Gasteiger partial charge >= 0.3 is 0 Å². The second-order valence-corrected chi connectivity index (χ2v) is 9.97. The number of fused-ring (bicyclic) bond motifs is 2. The van der Waals surface area contributed by atoms with E-state index in [1.807, 2.05) is 13.8 Å². The van der Waals surface area contributed by atoms with Crippen LogP contribution in [-0.2, 0) is 9.53 Å². The van der Waals surface area contributed by atoms with Crippen LogP contribution >= 0.6 is 0 Å². The van der Waals surface area contributed by atoms with Crippen molar-refractivity contribution in [2.24, 2.45) is 34.0 Å². The van der Waals surface area contributed by atoms with E-state index in [1.54, 1.807) is 0 Å². The topological polar surface area (TPSA) is 107 Å². The minimum atomic E-state index is -2.15. The molecular formula is C20H28O6. The lowest BCUT2D eigenvalue weighted by Crippen LogP contribution is -2.85. The Balaban J connectivity index is 1.81. The highest BCUT2D eigenvalue weighted by molar-refractivity contribution is 6.05. The van der Waals surface area contributed by atoms with Crippen LogP contribution in [0.2, 0.25) is 0 Å². The zero-order chi connectivity index (χ0) is 18.9. The summed E-state index contributed by atoms with van der Waals surface area (Å²) in [6.07, 6.45) is -0.747. The van der Waals surface area contributed by atoms with Crippen molar-refractivity contribution in [3.05, 3.63) is 12.2 Å². The van der Waals surface area contributed by atoms with Crippen LogP contribution in [0.4, 0.5) is 0 Å². The van der Waals surface area contributed by atoms with Crippen LogP contribution in [0.1, 0.15) is 39.5 Å². The summed E-state index contributed by atoms with van der Waals surface area (Å²) in [5.74, 6) is -3.80. The maximum atomic E-state index is 13.3. The first-order valence-electron chi connectivity index (χ1n) is 9.71. The van der Waals surface area contributed by atoms with Gasteiger partial charge in [-0.1, -0.05) is 20.4 Å². The molecule has 6 nitrogen and oxygen atoms in total. The zero-order valence-electron chi connectivity index (χ0n) is 15.3. The van der Waals surface area contributed by atoms with E-state index in [2.05, 4.69) is 6.58 Å². The summed E-state index contributed by atoms with van der Waals surface area (Å²) < 4.78 is 5.80. The minimum absolute atomic E-state index is 0.0966. The van der Waals surface area contributed by atoms with E-state index < -0.39 is 58.5 Å². The number of Topliss-reactive ketones (excluding diaryl/α,β-unsaturated/α-hetero) is 1. The molecule has 2 saturated heterocycles. The Hall–Kier alpha value is -0.790. The Bertz CT molecular complexity index is 717. The molecule has 9 atom stereocenters. The molecule has 144 valence electrons. The van der Waals surface area contributed by atoms with Crippen molar-refractivity contribution in [1.29, 1.82) is 0 Å². The molecular weight excluding hydrogens is 336 g/mol. The summed E-state index contributed by atoms with van der Waals surface area (Å²) in [7, 11) is 0. The van der Waals surface area contributed by atoms with Crippen molar-refractivity contribution in [2.45, 2.75) is 63.6 Å². The fraction of sp³-hybridized carbons (Fsp3) is 0.850. The summed E-state index contributed by atoms with van der Waals surface area (Å²) >= 11 is 0. The van der Waals surface area contributed by atoms with Gasteiger partial charge in [0.1, 0.15) is 11.5 Å². The highest BCUT2D eigenvalue weighted by Crippen LogP contribution is 2.76. The Labute approximate surface area is 152 Å². The van der Waals surface area contributed by atoms with Gasteiger partial charge in [-0.25, -0.2) is 0 Å². The fourth-order valence-corrected chi connectivity index (χ4v) is 7.90. The molecule has 6 rings (SSSR count). The van der Waals surface area contributed by atoms with Crippen LogP contribution in [0.15, 0.2) is 12.2 Å². The molecule has 6 aliphatic rings. The smallest absolute Gasteiger partial charge is 0.208 e. The molecule has 26 heavy (non-hydrogen) atoms. The molecule has 2 spiro atoms. The van der Waals surface area contributed by atoms with Crippen molar-refractivity contribution in [3.8, 4) is 0 Å². The van der Waals surface area contributed by atoms with Gasteiger partial charge in [0, 0.05) is 17.3 Å². The van der Waals surface area contributed by atoms with Crippen molar-refractivity contribution in [2.75, 3.05) is 6.61 Å². The molecule has 4 aliphatic carbocycles. The third-order valence-electron chi connectivity index (χ3n) is 8.88. The first kappa shape index (κ1) is 17.3. The van der Waals surface area contributed by atoms with Gasteiger partial charge in [0.15, 0.2) is 5.78 Å². The van der Waals surface area contributed by atoms with E-state index in [9.17, 15) is 25.2 Å². The van der Waals surface area contributed by atoms with Crippen LogP contribution in [0.3, 0.4) is 0 Å². The van der Waals surface area contributed by atoms with Crippen LogP contribution in [0.5, 0.6) is 0 Å². The van der Waals surface area contributed by atoms with E-state index in [-0.39, 0.29) is 12.0 Å². The fourth-order valence-electron chi connectivity index (χ4n) is 7.90. The molecule has 6 heteroatoms. The lowest BCUT2D eigenvalue weighted by Gasteiger charge is -2.74. The number of aliphatic hydroxyl groups excluding tert-OH is 3. The largest absolute Gasteiger partial charge is 0.392 e. The van der Waals surface area contributed by atoms with Gasteiger partial charge in [-0.3, -0.25) is 4.79 Å². The van der Waals surface area contributed by atoms with E-state index in [0.717, 1.165) is 6.42 Å². The van der Waals surface area contributed by atoms with Crippen LogP contribution in [-0.4, -0.2) is 56.9 Å². The molecule has 6 fully saturated rings. The number of hydrogen-bond donors (Lipinski definition) is 4. The lowest BCUT2D eigenvalue weighted by atomic mass is 9.35. The summed E-state index contributed by atoms with van der Waals surface area (Å²) in [5.41, 5.74) is -2.49. The normalized spacial score (nSPS) is 59.9. The SMILES string of the molecule is C=C1C(=O)[C@@]23C(CC[C@@H]1[C@H]2O)[C@@]12CO[C@@]3(O)[C@@H](O)[C@@H]1C(C)(C)CC[C@@H]2O. The van der Waals surface area contributed by atoms with Gasteiger partial charge < -0.3 is 25.2 Å². The maximum absolute atomic E-state index is 13.3. The number of aliphatic hydroxyl groups is 4. The molecule has 4 N–H and O–H groups in total. The van der Waals surface area contributed by atoms with E-state index in [4.69, 9.17) is 4.74 Å². The van der Waals surface area contributed by atoms with Crippen LogP contribution in [0.25, 0.3) is 0 Å². The van der Waals surface area contributed by atoms with Crippen LogP contribution in [0, 0.1) is 34.0 Å². The number of ketones is 1. The summed E-state index contributed by atoms with van der Waals surface area (Å²) in [4.78, 5) is 13.3. The molecule has 0 radical (unpaired) electrons. The predicted octanol–water partition coefficient (Wildman–Crippen LogP) is 0.376. The van der Waals surface area contributed by atoms with E-state index >= 15 is 0 Å². The van der Waals surface area contributed by atoms with Crippen LogP contribution < -0.4 is 0 Å². The van der Waals surface area contributed by atoms with Crippen molar-refractivity contribution in [3.63, 3.8) is 0 Å². The number of carbonyl (C=O) groups excluding carboxylic acids is 1. The minimum Gasteiger partial charge on any atom is -0.392 e. The third kappa shape index (κ3) is 1.41. The first-order valence-corrected chi connectivity index (χ1v) is 9.71. The molecule has 0 aromatic heterocycles. The van der Waals surface area contributed by atoms with Gasteiger partial charge in [-0.15, -0.1) is 0 Å². The zero-order valence-corrected chi connectivity index (χ0v) is 15.3. The Morgan fingerprint density at radius 1 is 1.12 bits per heavy atom. The number of carbonyl (C=O) groups is 1. The van der Waals surface area contributed by atoms with Crippen molar-refractivity contribution < 1.29 is 30.0 Å². The highest BCUT2D eigenvalue weighted by atomic mass is 16.6. The van der Waals surface area contributed by atoms with Crippen molar-refractivity contribution in [1.82, 2.24) is 0 Å². The average Bonchev–Trinajstić information content (AvgIpc) is 2.69. The number of rotatable bonds is 0. The van der Waals surface area contributed by atoms with Crippen molar-refractivity contribution >= 4 is 5.78 Å². The lowest BCUT2D eigenvalue weighted by molar-refractivity contribution is -0.458. The van der Waals surface area contributed by atoms with Gasteiger partial charge in [0.2, 0.25) is 5.79 Å². The highest BCUT2D eigenvalue weighted by Gasteiger charge is 2.86. The van der Waals surface area contributed by atoms with E-state index in [0.29, 0.717) is 24.8 Å². The third-order valence-corrected chi connectivity index (χ3v) is 8.88. The Morgan fingerprint density at radius 2 is 1.81 bits per heavy atom. The molecule has 0 aromatic carbocycles. The maximum Gasteiger partial charge on any atom is 0.208 e. The molecule has 1 unspecified atom stereocenters. The average molecular weight is 364 g/mol. The van der Waals surface area contributed by atoms with Gasteiger partial charge in [-0.05, 0) is 42.6 Å². The van der Waals surface area contributed by atoms with Gasteiger partial charge in [0.25, 0.3) is 0 Å². The number of hydrogen-bond acceptors (Lipinski definition) is 6. The monoisotopic (exact) mass is 364 g/mol. The molecule has 4 bridgehead atoms. The second-order valence-electron chi connectivity index (χ2n) is 9.97. The van der Waals surface area contributed by atoms with Gasteiger partial charge in [-0.2, -0.15) is 0 Å². The standard InChI is InChI=1S/C20H28O6/c1-9-10-4-5-11-18-8-26-20(25,19(11,14(9)22)15(10)23)16(24)13(18)17(2,3)7-6-12(18)21/h10-13,15-16,21,23-25H,1,4-8H2,2-3H3/t10-,11?,12-,13+,15+,16-,18+,19-,20-/m0/s1. The Kier molecular flexibility index (Phi) is 3.07. The molecule has 2 aliphatic heterocycles. The summed E-state index contributed by atoms with van der Waals surface area (Å²) in [6.45, 7) is 8.07. The quantitative estimate of drug-likeness (QED) is 0.463. The summed E-state index contributed by atoms with van der Waals surface area (Å²) in [5, 5.41) is 45.1. The first-order chi connectivity index (χ1) is 12.1. The number of ether oxygens (including phenoxy) is 1. The van der Waals surface area contributed by atoms with E-state index in [1.165, 1.54) is 0 Å².